The van der Waals surface area contributed by atoms with Gasteiger partial charge in [0, 0.05) is 16.5 Å². The van der Waals surface area contributed by atoms with Crippen molar-refractivity contribution >= 4 is 0 Å². The molecule has 8 saturated carbocycles. The van der Waals surface area contributed by atoms with E-state index in [1.165, 1.54) is 93.9 Å². The molecule has 240 valence electrons. The van der Waals surface area contributed by atoms with E-state index in [-0.39, 0.29) is 47.5 Å². The molecule has 6 unspecified atom stereocenters. The van der Waals surface area contributed by atoms with Crippen molar-refractivity contribution in [2.24, 2.45) is 35.5 Å². The molecule has 0 spiro atoms. The molecule has 8 aliphatic carbocycles. The Morgan fingerprint density at radius 3 is 1.32 bits per heavy atom. The summed E-state index contributed by atoms with van der Waals surface area (Å²) in [6.07, 6.45) is 16.7. The van der Waals surface area contributed by atoms with E-state index in [9.17, 15) is 0 Å². The first kappa shape index (κ1) is 27.6. The van der Waals surface area contributed by atoms with Crippen LogP contribution in [-0.4, -0.2) is 56.4 Å². The number of hydrogen-bond donors (Lipinski definition) is 0. The first-order valence-electron chi connectivity index (χ1n) is 18.4. The van der Waals surface area contributed by atoms with Gasteiger partial charge in [-0.05, 0) is 145 Å². The molecule has 1 aromatic rings. The van der Waals surface area contributed by atoms with Crippen LogP contribution >= 0.6 is 0 Å². The molecule has 3 saturated heterocycles. The largest absolute Gasteiger partial charge is 0.487 e. The Kier molecular flexibility index (Phi) is 6.12. The summed E-state index contributed by atoms with van der Waals surface area (Å²) in [5.74, 6) is 8.12. The van der Waals surface area contributed by atoms with Crippen LogP contribution in [0.5, 0.6) is 17.2 Å². The summed E-state index contributed by atoms with van der Waals surface area (Å²) in [5.41, 5.74) is 3.09. The first-order valence-corrected chi connectivity index (χ1v) is 18.4. The Morgan fingerprint density at radius 1 is 0.545 bits per heavy atom. The van der Waals surface area contributed by atoms with Gasteiger partial charge in [-0.15, -0.1) is 0 Å². The lowest BCUT2D eigenvalue weighted by Crippen LogP contribution is -2.50. The topological polar surface area (TPSA) is 65.3 Å². The zero-order valence-electron chi connectivity index (χ0n) is 27.1. The molecule has 12 rings (SSSR count). The maximum atomic E-state index is 7.38. The van der Waals surface area contributed by atoms with Crippen molar-refractivity contribution in [3.05, 3.63) is 17.2 Å². The Hall–Kier alpha value is -1.50. The van der Waals surface area contributed by atoms with E-state index in [1.807, 2.05) is 0 Å². The lowest BCUT2D eigenvalue weighted by molar-refractivity contribution is -0.0137. The molecule has 0 N–H and O–H groups in total. The van der Waals surface area contributed by atoms with Crippen LogP contribution in [0, 0.1) is 35.5 Å². The summed E-state index contributed by atoms with van der Waals surface area (Å²) < 4.78 is 39.0. The first-order chi connectivity index (χ1) is 21.3. The van der Waals surface area contributed by atoms with Crippen molar-refractivity contribution < 1.29 is 28.4 Å². The molecule has 6 heteroatoms. The van der Waals surface area contributed by atoms with E-state index in [0.717, 1.165) is 66.8 Å². The van der Waals surface area contributed by atoms with Crippen LogP contribution in [0.4, 0.5) is 0 Å². The average Bonchev–Trinajstić information content (AvgIpc) is 3.82. The number of rotatable bonds is 11. The predicted octanol–water partition coefficient (Wildman–Crippen LogP) is 7.12. The van der Waals surface area contributed by atoms with E-state index < -0.39 is 0 Å². The zero-order chi connectivity index (χ0) is 29.4. The van der Waals surface area contributed by atoms with Crippen LogP contribution in [0.1, 0.15) is 109 Å². The SMILES string of the molecule is CC(Oc1cc(C23CC4CC(CC(C4)C2)C3)c(OC(C)C2CO2)c(C23CC4CC(CC(C4)C2)C3)c1OC(C)C1CO1)C1CO1. The fourth-order valence-corrected chi connectivity index (χ4v) is 12.5. The highest BCUT2D eigenvalue weighted by Gasteiger charge is 2.58. The van der Waals surface area contributed by atoms with Gasteiger partial charge in [-0.2, -0.15) is 0 Å². The van der Waals surface area contributed by atoms with Crippen LogP contribution in [0.25, 0.3) is 0 Å². The second-order valence-corrected chi connectivity index (χ2v) is 17.4. The van der Waals surface area contributed by atoms with Crippen LogP contribution in [0.2, 0.25) is 0 Å². The van der Waals surface area contributed by atoms with Gasteiger partial charge in [-0.1, -0.05) is 0 Å². The molecule has 0 radical (unpaired) electrons. The fraction of sp³-hybridized carbons (Fsp3) is 0.842. The molecular weight excluding hydrogens is 552 g/mol. The number of ether oxygens (including phenoxy) is 6. The van der Waals surface area contributed by atoms with Gasteiger partial charge in [0.2, 0.25) is 0 Å². The summed E-state index contributed by atoms with van der Waals surface area (Å²) in [6, 6.07) is 2.43. The summed E-state index contributed by atoms with van der Waals surface area (Å²) in [7, 11) is 0. The Balaban J connectivity index is 1.20. The third-order valence-electron chi connectivity index (χ3n) is 13.9. The van der Waals surface area contributed by atoms with Crippen molar-refractivity contribution in [3.8, 4) is 17.2 Å². The second-order valence-electron chi connectivity index (χ2n) is 17.4. The zero-order valence-corrected chi connectivity index (χ0v) is 27.1. The van der Waals surface area contributed by atoms with Gasteiger partial charge < -0.3 is 28.4 Å². The standard InChI is InChI=1S/C38H52O6/c1-20(31-17-39-31)42-30-10-29(37-11-23-4-24(12-37)6-25(5-23)13-37)35(43-21(2)32-18-40-32)34(36(30)44-22(3)33-19-41-33)38-14-26-7-27(15-38)9-28(8-26)16-38/h10,20-28,31-33H,4-9,11-19H2,1-3H3. The van der Waals surface area contributed by atoms with E-state index in [2.05, 4.69) is 26.8 Å². The molecule has 11 fully saturated rings. The van der Waals surface area contributed by atoms with Gasteiger partial charge in [-0.3, -0.25) is 0 Å². The smallest absolute Gasteiger partial charge is 0.169 e. The van der Waals surface area contributed by atoms with Crippen molar-refractivity contribution in [1.29, 1.82) is 0 Å². The molecule has 3 aliphatic heterocycles. The normalized spacial score (nSPS) is 47.3. The third-order valence-corrected chi connectivity index (χ3v) is 13.9. The van der Waals surface area contributed by atoms with Gasteiger partial charge in [0.15, 0.2) is 11.5 Å². The second kappa shape index (κ2) is 9.76. The van der Waals surface area contributed by atoms with Gasteiger partial charge >= 0.3 is 0 Å². The van der Waals surface area contributed by atoms with Gasteiger partial charge in [0.25, 0.3) is 0 Å². The maximum absolute atomic E-state index is 7.38. The summed E-state index contributed by atoms with van der Waals surface area (Å²) in [5, 5.41) is 0. The van der Waals surface area contributed by atoms with E-state index in [4.69, 9.17) is 28.4 Å². The van der Waals surface area contributed by atoms with Crippen LogP contribution in [0.15, 0.2) is 6.07 Å². The van der Waals surface area contributed by atoms with Gasteiger partial charge in [0.1, 0.15) is 42.4 Å². The Morgan fingerprint density at radius 2 is 0.909 bits per heavy atom. The van der Waals surface area contributed by atoms with Crippen molar-refractivity contribution in [3.63, 3.8) is 0 Å². The van der Waals surface area contributed by atoms with E-state index >= 15 is 0 Å². The van der Waals surface area contributed by atoms with Gasteiger partial charge in [0.05, 0.1) is 19.8 Å². The average molecular weight is 605 g/mol. The highest BCUT2D eigenvalue weighted by molar-refractivity contribution is 5.64. The highest BCUT2D eigenvalue weighted by Crippen LogP contribution is 2.68. The third kappa shape index (κ3) is 4.58. The number of epoxide rings is 3. The molecule has 11 aliphatic rings. The number of hydrogen-bond acceptors (Lipinski definition) is 6. The quantitative estimate of drug-likeness (QED) is 0.251. The molecule has 0 amide bonds. The molecule has 1 aromatic carbocycles. The van der Waals surface area contributed by atoms with Crippen LogP contribution in [0.3, 0.4) is 0 Å². The minimum Gasteiger partial charge on any atom is -0.487 e. The van der Waals surface area contributed by atoms with Crippen molar-refractivity contribution in [2.75, 3.05) is 19.8 Å². The summed E-state index contributed by atoms with van der Waals surface area (Å²) in [4.78, 5) is 0. The molecule has 8 bridgehead atoms. The molecular formula is C38H52O6. The molecule has 6 nitrogen and oxygen atoms in total. The predicted molar refractivity (Wildman–Crippen MR) is 166 cm³/mol. The monoisotopic (exact) mass is 604 g/mol. The fourth-order valence-electron chi connectivity index (χ4n) is 12.5. The Bertz CT molecular complexity index is 1240. The van der Waals surface area contributed by atoms with Crippen LogP contribution < -0.4 is 14.2 Å². The van der Waals surface area contributed by atoms with E-state index in [0.29, 0.717) is 0 Å². The highest BCUT2D eigenvalue weighted by atomic mass is 16.6. The van der Waals surface area contributed by atoms with Gasteiger partial charge in [-0.25, -0.2) is 0 Å². The maximum Gasteiger partial charge on any atom is 0.169 e. The molecule has 6 atom stereocenters. The number of benzene rings is 1. The van der Waals surface area contributed by atoms with Crippen molar-refractivity contribution in [2.45, 2.75) is 145 Å². The minimum atomic E-state index is -0.0278. The minimum absolute atomic E-state index is 0.0104. The molecule has 3 heterocycles. The van der Waals surface area contributed by atoms with E-state index in [1.54, 1.807) is 0 Å². The summed E-state index contributed by atoms with van der Waals surface area (Å²) in [6.45, 7) is 8.98. The summed E-state index contributed by atoms with van der Waals surface area (Å²) >= 11 is 0. The van der Waals surface area contributed by atoms with Crippen LogP contribution in [-0.2, 0) is 25.0 Å². The molecule has 0 aromatic heterocycles. The molecule has 44 heavy (non-hydrogen) atoms. The van der Waals surface area contributed by atoms with Crippen molar-refractivity contribution in [1.82, 2.24) is 0 Å². The lowest BCUT2D eigenvalue weighted by Gasteiger charge is -2.59. The Labute approximate surface area is 263 Å². The lowest BCUT2D eigenvalue weighted by atomic mass is 9.46.